The molecule has 0 fully saturated rings. The molecular weight excluding hydrogens is 278 g/mol. The third-order valence-electron chi connectivity index (χ3n) is 3.66. The van der Waals surface area contributed by atoms with Crippen LogP contribution in [0.15, 0.2) is 36.5 Å². The highest BCUT2D eigenvalue weighted by Gasteiger charge is 2.17. The Kier molecular flexibility index (Phi) is 3.91. The van der Waals surface area contributed by atoms with Crippen molar-refractivity contribution in [2.45, 2.75) is 32.9 Å². The summed E-state index contributed by atoms with van der Waals surface area (Å²) in [5.41, 5.74) is 1.06. The van der Waals surface area contributed by atoms with E-state index < -0.39 is 0 Å². The Morgan fingerprint density at radius 3 is 2.91 bits per heavy atom. The second kappa shape index (κ2) is 6.01. The summed E-state index contributed by atoms with van der Waals surface area (Å²) in [5.74, 6) is 1.33. The Morgan fingerprint density at radius 1 is 1.36 bits per heavy atom. The topological polar surface area (TPSA) is 75.6 Å². The van der Waals surface area contributed by atoms with Crippen molar-refractivity contribution in [2.75, 3.05) is 0 Å². The number of aromatic amines is 1. The molecule has 3 aromatic rings. The van der Waals surface area contributed by atoms with Gasteiger partial charge in [-0.05, 0) is 30.9 Å². The Bertz CT molecular complexity index is 789. The van der Waals surface area contributed by atoms with Gasteiger partial charge < -0.3 is 9.88 Å². The van der Waals surface area contributed by atoms with E-state index in [1.54, 1.807) is 0 Å². The maximum Gasteiger partial charge on any atom is 0.240 e. The van der Waals surface area contributed by atoms with Gasteiger partial charge in [0, 0.05) is 11.7 Å². The number of hydrogen-bond donors (Lipinski definition) is 2. The SMILES string of the molecule is CCC(NC(=O)Cn1ccc2ccccc21)c1n[nH]c(C)n1. The highest BCUT2D eigenvalue weighted by Crippen LogP contribution is 2.16. The number of aromatic nitrogens is 4. The molecule has 0 aliphatic rings. The van der Waals surface area contributed by atoms with Crippen LogP contribution in [0.3, 0.4) is 0 Å². The zero-order chi connectivity index (χ0) is 15.5. The molecule has 2 N–H and O–H groups in total. The summed E-state index contributed by atoms with van der Waals surface area (Å²) in [6.07, 6.45) is 2.68. The summed E-state index contributed by atoms with van der Waals surface area (Å²) in [7, 11) is 0. The molecule has 0 saturated carbocycles. The first kappa shape index (κ1) is 14.3. The Balaban J connectivity index is 1.71. The lowest BCUT2D eigenvalue weighted by Crippen LogP contribution is -2.31. The minimum Gasteiger partial charge on any atom is -0.344 e. The van der Waals surface area contributed by atoms with Crippen molar-refractivity contribution >= 4 is 16.8 Å². The van der Waals surface area contributed by atoms with E-state index in [0.717, 1.165) is 23.1 Å². The van der Waals surface area contributed by atoms with Gasteiger partial charge in [-0.3, -0.25) is 9.89 Å². The van der Waals surface area contributed by atoms with Crippen LogP contribution in [-0.2, 0) is 11.3 Å². The van der Waals surface area contributed by atoms with E-state index in [4.69, 9.17) is 0 Å². The van der Waals surface area contributed by atoms with Gasteiger partial charge >= 0.3 is 0 Å². The summed E-state index contributed by atoms with van der Waals surface area (Å²) >= 11 is 0. The van der Waals surface area contributed by atoms with Crippen LogP contribution in [0.2, 0.25) is 0 Å². The molecule has 6 heteroatoms. The Morgan fingerprint density at radius 2 is 2.18 bits per heavy atom. The number of nitrogens with one attached hydrogen (secondary N) is 2. The Labute approximate surface area is 128 Å². The summed E-state index contributed by atoms with van der Waals surface area (Å²) in [6, 6.07) is 9.86. The summed E-state index contributed by atoms with van der Waals surface area (Å²) in [6.45, 7) is 4.13. The molecule has 1 aromatic carbocycles. The van der Waals surface area contributed by atoms with E-state index >= 15 is 0 Å². The maximum absolute atomic E-state index is 12.3. The van der Waals surface area contributed by atoms with Gasteiger partial charge in [0.25, 0.3) is 0 Å². The van der Waals surface area contributed by atoms with Gasteiger partial charge in [0.15, 0.2) is 5.82 Å². The minimum absolute atomic E-state index is 0.0457. The van der Waals surface area contributed by atoms with Crippen molar-refractivity contribution in [3.8, 4) is 0 Å². The molecule has 1 unspecified atom stereocenters. The number of rotatable bonds is 5. The number of carbonyl (C=O) groups is 1. The zero-order valence-corrected chi connectivity index (χ0v) is 12.7. The second-order valence-corrected chi connectivity index (χ2v) is 5.31. The number of H-pyrrole nitrogens is 1. The maximum atomic E-state index is 12.3. The van der Waals surface area contributed by atoms with Crippen LogP contribution in [0.5, 0.6) is 0 Å². The molecule has 2 heterocycles. The minimum atomic E-state index is -0.167. The first-order valence-corrected chi connectivity index (χ1v) is 7.39. The Hall–Kier alpha value is -2.63. The third kappa shape index (κ3) is 2.86. The number of carbonyl (C=O) groups excluding carboxylic acids is 1. The first-order chi connectivity index (χ1) is 10.7. The molecule has 0 bridgehead atoms. The number of hydrogen-bond acceptors (Lipinski definition) is 3. The standard InChI is InChI=1S/C16H19N5O/c1-3-13(16-17-11(2)19-20-16)18-15(22)10-21-9-8-12-6-4-5-7-14(12)21/h4-9,13H,3,10H2,1-2H3,(H,18,22)(H,17,19,20). The fraction of sp³-hybridized carbons (Fsp3) is 0.312. The van der Waals surface area contributed by atoms with Crippen LogP contribution in [0, 0.1) is 6.92 Å². The van der Waals surface area contributed by atoms with E-state index in [-0.39, 0.29) is 18.5 Å². The van der Waals surface area contributed by atoms with Crippen LogP contribution in [0.1, 0.15) is 31.0 Å². The van der Waals surface area contributed by atoms with E-state index in [2.05, 4.69) is 20.5 Å². The van der Waals surface area contributed by atoms with Crippen molar-refractivity contribution in [3.05, 3.63) is 48.2 Å². The van der Waals surface area contributed by atoms with Gasteiger partial charge in [0.1, 0.15) is 12.4 Å². The summed E-state index contributed by atoms with van der Waals surface area (Å²) in [4.78, 5) is 16.6. The number of benzene rings is 1. The molecule has 22 heavy (non-hydrogen) atoms. The van der Waals surface area contributed by atoms with E-state index in [1.165, 1.54) is 0 Å². The number of para-hydroxylation sites is 1. The summed E-state index contributed by atoms with van der Waals surface area (Å²) in [5, 5.41) is 11.1. The lowest BCUT2D eigenvalue weighted by molar-refractivity contribution is -0.122. The van der Waals surface area contributed by atoms with Crippen LogP contribution in [-0.4, -0.2) is 25.7 Å². The van der Waals surface area contributed by atoms with E-state index in [9.17, 15) is 4.79 Å². The fourth-order valence-corrected chi connectivity index (χ4v) is 2.54. The molecule has 6 nitrogen and oxygen atoms in total. The van der Waals surface area contributed by atoms with Gasteiger partial charge in [0.2, 0.25) is 5.91 Å². The smallest absolute Gasteiger partial charge is 0.240 e. The van der Waals surface area contributed by atoms with E-state index in [0.29, 0.717) is 5.82 Å². The third-order valence-corrected chi connectivity index (χ3v) is 3.66. The first-order valence-electron chi connectivity index (χ1n) is 7.39. The predicted molar refractivity (Wildman–Crippen MR) is 84.2 cm³/mol. The van der Waals surface area contributed by atoms with Gasteiger partial charge in [0.05, 0.1) is 6.04 Å². The molecule has 114 valence electrons. The molecule has 0 aliphatic carbocycles. The number of nitrogens with zero attached hydrogens (tertiary/aromatic N) is 3. The van der Waals surface area contributed by atoms with Crippen molar-refractivity contribution in [3.63, 3.8) is 0 Å². The lowest BCUT2D eigenvalue weighted by Gasteiger charge is -2.14. The van der Waals surface area contributed by atoms with Crippen LogP contribution in [0.4, 0.5) is 0 Å². The number of fused-ring (bicyclic) bond motifs is 1. The molecule has 2 aromatic heterocycles. The quantitative estimate of drug-likeness (QED) is 0.759. The molecular formula is C16H19N5O. The predicted octanol–water partition coefficient (Wildman–Crippen LogP) is 2.34. The van der Waals surface area contributed by atoms with Crippen molar-refractivity contribution in [1.82, 2.24) is 25.1 Å². The van der Waals surface area contributed by atoms with Crippen LogP contribution in [0.25, 0.3) is 10.9 Å². The zero-order valence-electron chi connectivity index (χ0n) is 12.7. The second-order valence-electron chi connectivity index (χ2n) is 5.31. The van der Waals surface area contributed by atoms with Crippen LogP contribution >= 0.6 is 0 Å². The van der Waals surface area contributed by atoms with Gasteiger partial charge in [-0.25, -0.2) is 4.98 Å². The highest BCUT2D eigenvalue weighted by atomic mass is 16.2. The number of amides is 1. The molecule has 0 saturated heterocycles. The average molecular weight is 297 g/mol. The van der Waals surface area contributed by atoms with Gasteiger partial charge in [-0.1, -0.05) is 25.1 Å². The summed E-state index contributed by atoms with van der Waals surface area (Å²) < 4.78 is 1.95. The normalized spacial score (nSPS) is 12.5. The number of aryl methyl sites for hydroxylation is 1. The van der Waals surface area contributed by atoms with E-state index in [1.807, 2.05) is 54.9 Å². The largest absolute Gasteiger partial charge is 0.344 e. The average Bonchev–Trinajstić information content (AvgIpc) is 3.12. The lowest BCUT2D eigenvalue weighted by atomic mass is 10.2. The molecule has 0 aliphatic heterocycles. The van der Waals surface area contributed by atoms with Gasteiger partial charge in [-0.2, -0.15) is 5.10 Å². The molecule has 1 atom stereocenters. The van der Waals surface area contributed by atoms with Crippen LogP contribution < -0.4 is 5.32 Å². The highest BCUT2D eigenvalue weighted by molar-refractivity contribution is 5.83. The monoisotopic (exact) mass is 297 g/mol. The molecule has 0 radical (unpaired) electrons. The fourth-order valence-electron chi connectivity index (χ4n) is 2.54. The molecule has 3 rings (SSSR count). The molecule has 1 amide bonds. The van der Waals surface area contributed by atoms with Crippen molar-refractivity contribution in [2.24, 2.45) is 0 Å². The van der Waals surface area contributed by atoms with Gasteiger partial charge in [-0.15, -0.1) is 0 Å². The van der Waals surface area contributed by atoms with Crippen molar-refractivity contribution in [1.29, 1.82) is 0 Å². The molecule has 0 spiro atoms. The van der Waals surface area contributed by atoms with Crippen molar-refractivity contribution < 1.29 is 4.79 Å².